The van der Waals surface area contributed by atoms with Crippen molar-refractivity contribution in [1.29, 1.82) is 0 Å². The van der Waals surface area contributed by atoms with Crippen molar-refractivity contribution in [2.24, 2.45) is 5.73 Å². The van der Waals surface area contributed by atoms with E-state index in [1.165, 1.54) is 24.3 Å². The molecule has 0 heterocycles. The third-order valence-electron chi connectivity index (χ3n) is 4.39. The van der Waals surface area contributed by atoms with E-state index in [0.29, 0.717) is 12.1 Å². The van der Waals surface area contributed by atoms with Crippen LogP contribution in [0.25, 0.3) is 0 Å². The predicted molar refractivity (Wildman–Crippen MR) is 106 cm³/mol. The molecule has 3 N–H and O–H groups in total. The number of halogens is 6. The van der Waals surface area contributed by atoms with E-state index < -0.39 is 46.6 Å². The summed E-state index contributed by atoms with van der Waals surface area (Å²) in [5.41, 5.74) is 3.49. The third kappa shape index (κ3) is 5.25. The molecule has 0 bridgehead atoms. The highest BCUT2D eigenvalue weighted by Gasteiger charge is 2.58. The molecule has 5 nitrogen and oxygen atoms in total. The van der Waals surface area contributed by atoms with Gasteiger partial charge in [-0.1, -0.05) is 12.1 Å². The minimum atomic E-state index is -5.89. The first-order chi connectivity index (χ1) is 15.4. The van der Waals surface area contributed by atoms with Crippen molar-refractivity contribution in [3.63, 3.8) is 0 Å². The van der Waals surface area contributed by atoms with E-state index in [4.69, 9.17) is 10.5 Å². The van der Waals surface area contributed by atoms with Crippen LogP contribution in [0.5, 0.6) is 11.5 Å². The van der Waals surface area contributed by atoms with Crippen LogP contribution in [0, 0.1) is 5.82 Å². The first kappa shape index (κ1) is 23.6. The molecule has 3 rings (SSSR count). The summed E-state index contributed by atoms with van der Waals surface area (Å²) >= 11 is 0. The van der Waals surface area contributed by atoms with Crippen LogP contribution in [0.2, 0.25) is 0 Å². The molecule has 3 aromatic rings. The molecule has 0 radical (unpaired) electrons. The van der Waals surface area contributed by atoms with E-state index in [-0.39, 0.29) is 17.0 Å². The van der Waals surface area contributed by atoms with Gasteiger partial charge in [-0.3, -0.25) is 9.59 Å². The van der Waals surface area contributed by atoms with Crippen LogP contribution >= 0.6 is 0 Å². The van der Waals surface area contributed by atoms with Gasteiger partial charge in [-0.15, -0.1) is 0 Å². The molecule has 2 amide bonds. The minimum Gasteiger partial charge on any atom is -0.457 e. The zero-order valence-electron chi connectivity index (χ0n) is 16.4. The van der Waals surface area contributed by atoms with Gasteiger partial charge in [-0.2, -0.15) is 22.0 Å². The summed E-state index contributed by atoms with van der Waals surface area (Å²) in [7, 11) is 0. The highest BCUT2D eigenvalue weighted by Crippen LogP contribution is 2.45. The average Bonchev–Trinajstić information content (AvgIpc) is 2.74. The van der Waals surface area contributed by atoms with Crippen molar-refractivity contribution in [1.82, 2.24) is 0 Å². The number of primary amides is 1. The Morgan fingerprint density at radius 1 is 0.879 bits per heavy atom. The number of hydrogen-bond donors (Lipinski definition) is 2. The van der Waals surface area contributed by atoms with Crippen LogP contribution in [0.3, 0.4) is 0 Å². The summed E-state index contributed by atoms with van der Waals surface area (Å²) in [4.78, 5) is 24.0. The van der Waals surface area contributed by atoms with E-state index in [1.54, 1.807) is 0 Å². The van der Waals surface area contributed by atoms with Gasteiger partial charge in [0.25, 0.3) is 5.91 Å². The van der Waals surface area contributed by atoms with E-state index in [2.05, 4.69) is 5.32 Å². The van der Waals surface area contributed by atoms with Crippen molar-refractivity contribution in [2.75, 3.05) is 5.32 Å². The molecule has 0 atom stereocenters. The Hall–Kier alpha value is -4.02. The van der Waals surface area contributed by atoms with Gasteiger partial charge in [0.2, 0.25) is 5.91 Å². The van der Waals surface area contributed by atoms with Gasteiger partial charge in [0.05, 0.1) is 5.56 Å². The molecule has 11 heteroatoms. The monoisotopic (exact) mass is 468 g/mol. The van der Waals surface area contributed by atoms with Crippen molar-refractivity contribution in [2.45, 2.75) is 12.1 Å². The number of nitrogens with one attached hydrogen (secondary N) is 1. The van der Waals surface area contributed by atoms with Crippen LogP contribution in [0.1, 0.15) is 26.3 Å². The molecule has 0 aliphatic heterocycles. The average molecular weight is 468 g/mol. The molecule has 0 aliphatic rings. The second-order valence-corrected chi connectivity index (χ2v) is 6.74. The highest BCUT2D eigenvalue weighted by atomic mass is 19.4. The maximum atomic E-state index is 13.9. The van der Waals surface area contributed by atoms with Crippen LogP contribution in [0.15, 0.2) is 66.7 Å². The van der Waals surface area contributed by atoms with Gasteiger partial charge >= 0.3 is 12.1 Å². The summed E-state index contributed by atoms with van der Waals surface area (Å²) in [6, 6.07) is 11.1. The van der Waals surface area contributed by atoms with Gasteiger partial charge in [0, 0.05) is 16.8 Å². The van der Waals surface area contributed by atoms with Gasteiger partial charge in [-0.05, 0) is 54.6 Å². The number of anilines is 1. The number of carbonyl (C=O) groups is 2. The zero-order valence-corrected chi connectivity index (χ0v) is 16.4. The normalized spacial score (nSPS) is 11.7. The Kier molecular flexibility index (Phi) is 6.34. The number of nitrogens with two attached hydrogens (primary N) is 1. The highest BCUT2D eigenvalue weighted by molar-refractivity contribution is 6.07. The molecule has 0 spiro atoms. The van der Waals surface area contributed by atoms with Gasteiger partial charge in [-0.25, -0.2) is 4.39 Å². The third-order valence-corrected chi connectivity index (χ3v) is 4.39. The standard InChI is InChI=1S/C22H14F6N2O3/c23-14-5-7-16(8-6-14)33-18-11-13(21(24,25)22(26,27)28)4-9-17(18)20(32)30-15-3-1-2-12(10-15)19(29)31/h1-11H,(H2,29,31)(H,30,32). The van der Waals surface area contributed by atoms with Crippen molar-refractivity contribution >= 4 is 17.5 Å². The Labute approximate surface area is 182 Å². The number of hydrogen-bond acceptors (Lipinski definition) is 3. The lowest BCUT2D eigenvalue weighted by atomic mass is 10.0. The fraction of sp³-hybridized carbons (Fsp3) is 0.0909. The molecule has 0 saturated carbocycles. The lowest BCUT2D eigenvalue weighted by Crippen LogP contribution is -2.33. The van der Waals surface area contributed by atoms with Crippen molar-refractivity contribution in [3.8, 4) is 11.5 Å². The van der Waals surface area contributed by atoms with E-state index >= 15 is 0 Å². The summed E-state index contributed by atoms with van der Waals surface area (Å²) in [6.45, 7) is 0. The molecule has 0 aromatic heterocycles. The van der Waals surface area contributed by atoms with Crippen LogP contribution in [0.4, 0.5) is 32.0 Å². The second kappa shape index (κ2) is 8.85. The van der Waals surface area contributed by atoms with Gasteiger partial charge in [0.15, 0.2) is 0 Å². The quantitative estimate of drug-likeness (QED) is 0.461. The van der Waals surface area contributed by atoms with Gasteiger partial charge < -0.3 is 15.8 Å². The topological polar surface area (TPSA) is 81.4 Å². The summed E-state index contributed by atoms with van der Waals surface area (Å²) in [5.74, 6) is -8.33. The maximum absolute atomic E-state index is 13.9. The molecule has 172 valence electrons. The Balaban J connectivity index is 2.02. The first-order valence-electron chi connectivity index (χ1n) is 9.12. The Morgan fingerprint density at radius 3 is 2.15 bits per heavy atom. The number of amides is 2. The minimum absolute atomic E-state index is 0.0655. The van der Waals surface area contributed by atoms with Crippen LogP contribution in [-0.2, 0) is 5.92 Å². The Bertz CT molecular complexity index is 1190. The largest absolute Gasteiger partial charge is 0.458 e. The Morgan fingerprint density at radius 2 is 1.55 bits per heavy atom. The number of rotatable bonds is 6. The summed E-state index contributed by atoms with van der Waals surface area (Å²) in [5, 5.41) is 2.38. The van der Waals surface area contributed by atoms with E-state index in [1.807, 2.05) is 0 Å². The number of alkyl halides is 5. The number of benzene rings is 3. The lowest BCUT2D eigenvalue weighted by Gasteiger charge is -2.21. The molecule has 33 heavy (non-hydrogen) atoms. The maximum Gasteiger partial charge on any atom is 0.458 e. The summed E-state index contributed by atoms with van der Waals surface area (Å²) < 4.78 is 84.7. The lowest BCUT2D eigenvalue weighted by molar-refractivity contribution is -0.289. The molecular weight excluding hydrogens is 454 g/mol. The number of carbonyl (C=O) groups excluding carboxylic acids is 2. The van der Waals surface area contributed by atoms with E-state index in [9.17, 15) is 35.9 Å². The fourth-order valence-corrected chi connectivity index (χ4v) is 2.73. The van der Waals surface area contributed by atoms with Crippen molar-refractivity contribution < 1.29 is 40.7 Å². The van der Waals surface area contributed by atoms with E-state index in [0.717, 1.165) is 30.3 Å². The number of ether oxygens (including phenoxy) is 1. The smallest absolute Gasteiger partial charge is 0.457 e. The predicted octanol–water partition coefficient (Wildman–Crippen LogP) is 5.62. The first-order valence-corrected chi connectivity index (χ1v) is 9.12. The zero-order chi connectivity index (χ0) is 24.4. The molecule has 3 aromatic carbocycles. The van der Waals surface area contributed by atoms with Crippen molar-refractivity contribution in [3.05, 3.63) is 89.2 Å². The van der Waals surface area contributed by atoms with Gasteiger partial charge in [0.1, 0.15) is 17.3 Å². The molecule has 0 aliphatic carbocycles. The molecule has 0 unspecified atom stereocenters. The molecular formula is C22H14F6N2O3. The summed E-state index contributed by atoms with van der Waals surface area (Å²) in [6.07, 6.45) is -5.89. The second-order valence-electron chi connectivity index (χ2n) is 6.74. The molecule has 0 saturated heterocycles. The molecule has 0 fully saturated rings. The van der Waals surface area contributed by atoms with Crippen LogP contribution < -0.4 is 15.8 Å². The fourth-order valence-electron chi connectivity index (χ4n) is 2.73. The SMILES string of the molecule is NC(=O)c1cccc(NC(=O)c2ccc(C(F)(F)C(F)(F)F)cc2Oc2ccc(F)cc2)c1. The van der Waals surface area contributed by atoms with Crippen LogP contribution in [-0.4, -0.2) is 18.0 Å².